The minimum absolute atomic E-state index is 0.335. The second kappa shape index (κ2) is 8.23. The Morgan fingerprint density at radius 2 is 1.95 bits per heavy atom. The Morgan fingerprint density at radius 1 is 1.27 bits per heavy atom. The summed E-state index contributed by atoms with van der Waals surface area (Å²) in [5.41, 5.74) is 0.930. The van der Waals surface area contributed by atoms with Crippen molar-refractivity contribution in [3.05, 3.63) is 23.8 Å². The lowest BCUT2D eigenvalue weighted by molar-refractivity contribution is -0.908. The SMILES string of the molecule is CNC(=O)NC(=O)[C@H](C)[NH+](C)Cc1cccc(OC)c1OC. The van der Waals surface area contributed by atoms with E-state index in [0.29, 0.717) is 18.0 Å². The molecule has 1 aromatic carbocycles. The normalized spacial score (nSPS) is 13.0. The maximum atomic E-state index is 12.0. The lowest BCUT2D eigenvalue weighted by atomic mass is 10.1. The van der Waals surface area contributed by atoms with Crippen molar-refractivity contribution in [2.24, 2.45) is 0 Å². The third-order valence-corrected chi connectivity index (χ3v) is 3.55. The number of benzene rings is 1. The summed E-state index contributed by atoms with van der Waals surface area (Å²) in [6, 6.07) is 4.71. The van der Waals surface area contributed by atoms with Gasteiger partial charge in [0, 0.05) is 7.05 Å². The van der Waals surface area contributed by atoms with E-state index in [9.17, 15) is 9.59 Å². The van der Waals surface area contributed by atoms with Crippen LogP contribution < -0.4 is 25.0 Å². The number of quaternary nitrogens is 1. The molecule has 7 heteroatoms. The highest BCUT2D eigenvalue weighted by atomic mass is 16.5. The van der Waals surface area contributed by atoms with E-state index >= 15 is 0 Å². The van der Waals surface area contributed by atoms with Gasteiger partial charge in [0.2, 0.25) is 0 Å². The Kier molecular flexibility index (Phi) is 6.65. The Hall–Kier alpha value is -2.28. The van der Waals surface area contributed by atoms with Crippen LogP contribution in [0.15, 0.2) is 18.2 Å². The summed E-state index contributed by atoms with van der Waals surface area (Å²) in [5.74, 6) is 0.970. The fraction of sp³-hybridized carbons (Fsp3) is 0.467. The molecule has 0 saturated heterocycles. The molecule has 0 radical (unpaired) electrons. The van der Waals surface area contributed by atoms with Crippen LogP contribution in [-0.4, -0.2) is 46.3 Å². The number of amides is 3. The monoisotopic (exact) mass is 310 g/mol. The van der Waals surface area contributed by atoms with E-state index in [1.54, 1.807) is 21.1 Å². The summed E-state index contributed by atoms with van der Waals surface area (Å²) in [6.07, 6.45) is 0. The molecule has 1 rings (SSSR count). The first-order valence-corrected chi connectivity index (χ1v) is 6.99. The number of para-hydroxylation sites is 1. The zero-order chi connectivity index (χ0) is 16.7. The molecule has 1 unspecified atom stereocenters. The second-order valence-corrected chi connectivity index (χ2v) is 4.97. The molecule has 2 atom stereocenters. The molecule has 0 spiro atoms. The highest BCUT2D eigenvalue weighted by molar-refractivity contribution is 5.96. The van der Waals surface area contributed by atoms with E-state index in [-0.39, 0.29) is 5.91 Å². The van der Waals surface area contributed by atoms with Crippen molar-refractivity contribution < 1.29 is 24.0 Å². The third kappa shape index (κ3) is 4.36. The molecule has 0 aliphatic rings. The van der Waals surface area contributed by atoms with E-state index in [4.69, 9.17) is 9.47 Å². The molecule has 0 fully saturated rings. The maximum Gasteiger partial charge on any atom is 0.321 e. The lowest BCUT2D eigenvalue weighted by Gasteiger charge is -2.22. The molecule has 122 valence electrons. The topological polar surface area (TPSA) is 81.1 Å². The number of hydrogen-bond acceptors (Lipinski definition) is 4. The van der Waals surface area contributed by atoms with Gasteiger partial charge < -0.3 is 19.7 Å². The molecule has 3 N–H and O–H groups in total. The van der Waals surface area contributed by atoms with Crippen LogP contribution in [0, 0.1) is 0 Å². The average molecular weight is 310 g/mol. The smallest absolute Gasteiger partial charge is 0.321 e. The van der Waals surface area contributed by atoms with Crippen LogP contribution in [-0.2, 0) is 11.3 Å². The summed E-state index contributed by atoms with van der Waals surface area (Å²) in [5, 5.41) is 4.64. The standard InChI is InChI=1S/C15H23N3O4/c1-10(14(19)17-15(20)16-2)18(3)9-11-7-6-8-12(21-4)13(11)22-5/h6-8,10H,9H2,1-5H3,(H2,16,17,19,20)/p+1/t10-/m0/s1. The maximum absolute atomic E-state index is 12.0. The van der Waals surface area contributed by atoms with Gasteiger partial charge in [-0.2, -0.15) is 0 Å². The number of urea groups is 1. The van der Waals surface area contributed by atoms with Crippen molar-refractivity contribution in [2.75, 3.05) is 28.3 Å². The van der Waals surface area contributed by atoms with Gasteiger partial charge in [-0.05, 0) is 19.1 Å². The minimum atomic E-state index is -0.511. The van der Waals surface area contributed by atoms with Crippen molar-refractivity contribution in [3.8, 4) is 11.5 Å². The molecule has 1 aromatic rings. The van der Waals surface area contributed by atoms with Gasteiger partial charge in [-0.15, -0.1) is 0 Å². The first-order valence-electron chi connectivity index (χ1n) is 6.99. The predicted molar refractivity (Wildman–Crippen MR) is 82.2 cm³/mol. The Labute approximate surface area is 130 Å². The fourth-order valence-electron chi connectivity index (χ4n) is 2.05. The molecule has 0 heterocycles. The zero-order valence-electron chi connectivity index (χ0n) is 13.6. The van der Waals surface area contributed by atoms with Gasteiger partial charge in [-0.1, -0.05) is 6.07 Å². The van der Waals surface area contributed by atoms with Crippen molar-refractivity contribution in [1.82, 2.24) is 10.6 Å². The summed E-state index contributed by atoms with van der Waals surface area (Å²) < 4.78 is 10.7. The number of ether oxygens (including phenoxy) is 2. The van der Waals surface area contributed by atoms with Gasteiger partial charge in [0.05, 0.1) is 26.8 Å². The molecule has 0 aliphatic heterocycles. The number of carbonyl (C=O) groups excluding carboxylic acids is 2. The number of hydrogen-bond donors (Lipinski definition) is 3. The lowest BCUT2D eigenvalue weighted by Crippen LogP contribution is -3.12. The van der Waals surface area contributed by atoms with Crippen molar-refractivity contribution in [3.63, 3.8) is 0 Å². The van der Waals surface area contributed by atoms with Gasteiger partial charge in [0.25, 0.3) is 5.91 Å². The molecule has 0 aliphatic carbocycles. The van der Waals surface area contributed by atoms with Gasteiger partial charge >= 0.3 is 6.03 Å². The van der Waals surface area contributed by atoms with Crippen molar-refractivity contribution >= 4 is 11.9 Å². The van der Waals surface area contributed by atoms with Crippen LogP contribution in [0.1, 0.15) is 12.5 Å². The van der Waals surface area contributed by atoms with E-state index in [1.807, 2.05) is 25.2 Å². The molecular formula is C15H24N3O4+. The molecular weight excluding hydrogens is 286 g/mol. The molecule has 7 nitrogen and oxygen atoms in total. The van der Waals surface area contributed by atoms with Crippen LogP contribution >= 0.6 is 0 Å². The van der Waals surface area contributed by atoms with E-state index in [1.165, 1.54) is 7.05 Å². The van der Waals surface area contributed by atoms with E-state index < -0.39 is 12.1 Å². The number of likely N-dealkylation sites (N-methyl/N-ethyl adjacent to an activating group) is 1. The fourth-order valence-corrected chi connectivity index (χ4v) is 2.05. The number of imide groups is 1. The van der Waals surface area contributed by atoms with Crippen LogP contribution in [0.25, 0.3) is 0 Å². The molecule has 0 bridgehead atoms. The first-order chi connectivity index (χ1) is 10.4. The summed E-state index contributed by atoms with van der Waals surface area (Å²) in [7, 11) is 6.51. The molecule has 3 amide bonds. The van der Waals surface area contributed by atoms with Gasteiger partial charge in [-0.25, -0.2) is 4.79 Å². The Balaban J connectivity index is 2.82. The molecule has 0 saturated carbocycles. The van der Waals surface area contributed by atoms with Crippen molar-refractivity contribution in [2.45, 2.75) is 19.5 Å². The van der Waals surface area contributed by atoms with Crippen molar-refractivity contribution in [1.29, 1.82) is 0 Å². The van der Waals surface area contributed by atoms with Crippen LogP contribution in [0.4, 0.5) is 4.79 Å². The second-order valence-electron chi connectivity index (χ2n) is 4.97. The summed E-state index contributed by atoms with van der Waals surface area (Å²) in [6.45, 7) is 2.32. The molecule has 0 aromatic heterocycles. The van der Waals surface area contributed by atoms with Crippen LogP contribution in [0.2, 0.25) is 0 Å². The average Bonchev–Trinajstić information content (AvgIpc) is 2.53. The highest BCUT2D eigenvalue weighted by Gasteiger charge is 2.24. The largest absolute Gasteiger partial charge is 0.493 e. The van der Waals surface area contributed by atoms with Crippen LogP contribution in [0.5, 0.6) is 11.5 Å². The Bertz CT molecular complexity index is 534. The Morgan fingerprint density at radius 3 is 2.50 bits per heavy atom. The third-order valence-electron chi connectivity index (χ3n) is 3.55. The number of nitrogens with one attached hydrogen (secondary N) is 3. The summed E-state index contributed by atoms with van der Waals surface area (Å²) >= 11 is 0. The van der Waals surface area contributed by atoms with E-state index in [0.717, 1.165) is 10.5 Å². The number of carbonyl (C=O) groups is 2. The van der Waals surface area contributed by atoms with E-state index in [2.05, 4.69) is 10.6 Å². The minimum Gasteiger partial charge on any atom is -0.493 e. The first kappa shape index (κ1) is 17.8. The van der Waals surface area contributed by atoms with Gasteiger partial charge in [0.1, 0.15) is 6.54 Å². The molecule has 22 heavy (non-hydrogen) atoms. The summed E-state index contributed by atoms with van der Waals surface area (Å²) in [4.78, 5) is 24.1. The highest BCUT2D eigenvalue weighted by Crippen LogP contribution is 2.30. The van der Waals surface area contributed by atoms with Gasteiger partial charge in [-0.3, -0.25) is 10.1 Å². The predicted octanol–water partition coefficient (Wildman–Crippen LogP) is -0.437. The quantitative estimate of drug-likeness (QED) is 0.665. The number of rotatable bonds is 6. The number of methoxy groups -OCH3 is 2. The van der Waals surface area contributed by atoms with Gasteiger partial charge in [0.15, 0.2) is 17.5 Å². The van der Waals surface area contributed by atoms with Crippen LogP contribution in [0.3, 0.4) is 0 Å². The zero-order valence-corrected chi connectivity index (χ0v) is 13.6.